The van der Waals surface area contributed by atoms with Gasteiger partial charge < -0.3 is 25.8 Å². The topological polar surface area (TPSA) is 155 Å². The summed E-state index contributed by atoms with van der Waals surface area (Å²) in [7, 11) is 1.45. The Balaban J connectivity index is 1.41. The van der Waals surface area contributed by atoms with E-state index in [0.29, 0.717) is 39.5 Å². The quantitative estimate of drug-likeness (QED) is 0.140. The molecule has 210 valence electrons. The van der Waals surface area contributed by atoms with Crippen LogP contribution < -0.4 is 26.0 Å². The standard InChI is InChI=1S/C28H24ClFN6O5/c1-41-24-14-22-17(27(32-15-31-22)33-16-10-11-19(30)18(29)12-16)13-23(24)35-26(38)9-5-4-8-25(37)34-20-6-2-3-7-21(20)36-28(39)40/h2-3,5-7,9-15,36H,4,8H2,1H3,(H,34,37)(H,35,38)(H,39,40)(H,31,32,33)/b9-5+. The number of fused-ring (bicyclic) bond motifs is 1. The first kappa shape index (κ1) is 28.8. The van der Waals surface area contributed by atoms with E-state index < -0.39 is 17.8 Å². The van der Waals surface area contributed by atoms with Gasteiger partial charge in [0.2, 0.25) is 11.8 Å². The maximum atomic E-state index is 13.6. The van der Waals surface area contributed by atoms with Crippen LogP contribution in [0.15, 0.2) is 73.1 Å². The van der Waals surface area contributed by atoms with Crippen LogP contribution in [-0.2, 0) is 9.59 Å². The van der Waals surface area contributed by atoms with Crippen molar-refractivity contribution in [2.75, 3.05) is 28.4 Å². The van der Waals surface area contributed by atoms with Crippen LogP contribution in [0.25, 0.3) is 10.9 Å². The lowest BCUT2D eigenvalue weighted by Gasteiger charge is -2.13. The van der Waals surface area contributed by atoms with Crippen LogP contribution in [0.2, 0.25) is 5.02 Å². The lowest BCUT2D eigenvalue weighted by Crippen LogP contribution is -2.15. The predicted octanol–water partition coefficient (Wildman–Crippen LogP) is 6.18. The van der Waals surface area contributed by atoms with E-state index in [-0.39, 0.29) is 29.5 Å². The average Bonchev–Trinajstić information content (AvgIpc) is 2.94. The maximum Gasteiger partial charge on any atom is 0.409 e. The fourth-order valence-electron chi connectivity index (χ4n) is 3.77. The van der Waals surface area contributed by atoms with Crippen LogP contribution in [-0.4, -0.2) is 40.1 Å². The smallest absolute Gasteiger partial charge is 0.409 e. The molecule has 0 bridgehead atoms. The predicted molar refractivity (Wildman–Crippen MR) is 155 cm³/mol. The molecule has 0 unspecified atom stereocenters. The zero-order valence-electron chi connectivity index (χ0n) is 21.6. The number of aromatic nitrogens is 2. The molecule has 0 atom stereocenters. The number of halogens is 2. The number of benzene rings is 3. The third-order valence-electron chi connectivity index (χ3n) is 5.65. The summed E-state index contributed by atoms with van der Waals surface area (Å²) in [5.41, 5.74) is 1.96. The number of allylic oxidation sites excluding steroid dienone is 1. The van der Waals surface area contributed by atoms with Gasteiger partial charge in [-0.1, -0.05) is 29.8 Å². The number of carbonyl (C=O) groups excluding carboxylic acids is 2. The molecule has 1 heterocycles. The van der Waals surface area contributed by atoms with Gasteiger partial charge in [0.15, 0.2) is 0 Å². The van der Waals surface area contributed by atoms with Crippen molar-refractivity contribution in [3.63, 3.8) is 0 Å². The molecule has 1 aromatic heterocycles. The summed E-state index contributed by atoms with van der Waals surface area (Å²) in [5.74, 6) is -0.602. The Bertz CT molecular complexity index is 1650. The number of ether oxygens (including phenoxy) is 1. The van der Waals surface area contributed by atoms with Crippen molar-refractivity contribution in [3.05, 3.63) is 83.9 Å². The highest BCUT2D eigenvalue weighted by atomic mass is 35.5. The number of carbonyl (C=O) groups is 3. The molecule has 0 saturated heterocycles. The largest absolute Gasteiger partial charge is 0.494 e. The SMILES string of the molecule is COc1cc2ncnc(Nc3ccc(F)c(Cl)c3)c2cc1NC(=O)/C=C/CCC(=O)Nc1ccccc1NC(=O)O. The molecule has 0 spiro atoms. The van der Waals surface area contributed by atoms with E-state index in [1.165, 1.54) is 49.9 Å². The van der Waals surface area contributed by atoms with Gasteiger partial charge in [0, 0.05) is 23.6 Å². The van der Waals surface area contributed by atoms with Crippen molar-refractivity contribution in [2.24, 2.45) is 0 Å². The molecule has 0 aliphatic carbocycles. The second-order valence-corrected chi connectivity index (χ2v) is 8.91. The Kier molecular flexibility index (Phi) is 9.28. The second-order valence-electron chi connectivity index (χ2n) is 8.50. The molecule has 3 amide bonds. The summed E-state index contributed by atoms with van der Waals surface area (Å²) in [5, 5.41) is 20.1. The van der Waals surface area contributed by atoms with Crippen LogP contribution in [0.3, 0.4) is 0 Å². The zero-order valence-corrected chi connectivity index (χ0v) is 22.3. The highest BCUT2D eigenvalue weighted by Gasteiger charge is 2.13. The van der Waals surface area contributed by atoms with Crippen LogP contribution in [0.4, 0.5) is 37.8 Å². The summed E-state index contributed by atoms with van der Waals surface area (Å²) in [6.45, 7) is 0. The first-order valence-electron chi connectivity index (χ1n) is 12.1. The van der Waals surface area contributed by atoms with Crippen LogP contribution in [0.5, 0.6) is 5.75 Å². The van der Waals surface area contributed by atoms with Crippen molar-refractivity contribution in [1.82, 2.24) is 9.97 Å². The van der Waals surface area contributed by atoms with E-state index >= 15 is 0 Å². The van der Waals surface area contributed by atoms with Crippen LogP contribution in [0, 0.1) is 5.82 Å². The van der Waals surface area contributed by atoms with Crippen molar-refractivity contribution < 1.29 is 28.6 Å². The lowest BCUT2D eigenvalue weighted by atomic mass is 10.1. The van der Waals surface area contributed by atoms with Crippen LogP contribution in [0.1, 0.15) is 12.8 Å². The van der Waals surface area contributed by atoms with E-state index in [9.17, 15) is 18.8 Å². The lowest BCUT2D eigenvalue weighted by molar-refractivity contribution is -0.116. The first-order valence-corrected chi connectivity index (χ1v) is 12.5. The van der Waals surface area contributed by atoms with Crippen molar-refractivity contribution in [1.29, 1.82) is 0 Å². The fourth-order valence-corrected chi connectivity index (χ4v) is 3.95. The minimum Gasteiger partial charge on any atom is -0.494 e. The number of para-hydroxylation sites is 2. The molecule has 0 fully saturated rings. The summed E-state index contributed by atoms with van der Waals surface area (Å²) in [6.07, 6.45) is 3.25. The maximum absolute atomic E-state index is 13.6. The van der Waals surface area contributed by atoms with E-state index in [2.05, 4.69) is 31.2 Å². The molecule has 41 heavy (non-hydrogen) atoms. The van der Waals surface area contributed by atoms with Gasteiger partial charge in [0.25, 0.3) is 0 Å². The number of methoxy groups -OCH3 is 1. The Morgan fingerprint density at radius 2 is 1.76 bits per heavy atom. The number of rotatable bonds is 10. The molecule has 0 radical (unpaired) electrons. The minimum atomic E-state index is -1.25. The van der Waals surface area contributed by atoms with Crippen molar-refractivity contribution in [2.45, 2.75) is 12.8 Å². The summed E-state index contributed by atoms with van der Waals surface area (Å²) in [4.78, 5) is 44.4. The molecular formula is C28H24ClFN6O5. The van der Waals surface area contributed by atoms with Gasteiger partial charge in [-0.2, -0.15) is 0 Å². The highest BCUT2D eigenvalue weighted by molar-refractivity contribution is 6.31. The molecule has 5 N–H and O–H groups in total. The van der Waals surface area contributed by atoms with Gasteiger partial charge in [0.1, 0.15) is 23.7 Å². The first-order chi connectivity index (χ1) is 19.7. The van der Waals surface area contributed by atoms with Gasteiger partial charge in [-0.25, -0.2) is 19.2 Å². The third-order valence-corrected chi connectivity index (χ3v) is 5.94. The number of carboxylic acid groups (broad SMARTS) is 1. The average molecular weight is 579 g/mol. The summed E-state index contributed by atoms with van der Waals surface area (Å²) in [6, 6.07) is 13.9. The molecule has 0 saturated carbocycles. The molecular weight excluding hydrogens is 555 g/mol. The number of hydrogen-bond donors (Lipinski definition) is 5. The van der Waals surface area contributed by atoms with Gasteiger partial charge >= 0.3 is 6.09 Å². The van der Waals surface area contributed by atoms with Gasteiger partial charge in [-0.05, 0) is 48.9 Å². The van der Waals surface area contributed by atoms with Crippen LogP contribution >= 0.6 is 11.6 Å². The van der Waals surface area contributed by atoms with Gasteiger partial charge in [0.05, 0.1) is 34.7 Å². The Morgan fingerprint density at radius 1 is 1.00 bits per heavy atom. The number of hydrogen-bond acceptors (Lipinski definition) is 7. The van der Waals surface area contributed by atoms with Crippen molar-refractivity contribution in [3.8, 4) is 5.75 Å². The Hall–Kier alpha value is -5.23. The molecule has 4 aromatic rings. The van der Waals surface area contributed by atoms with E-state index in [1.807, 2.05) is 0 Å². The molecule has 0 aliphatic heterocycles. The van der Waals surface area contributed by atoms with E-state index in [1.54, 1.807) is 30.3 Å². The number of anilines is 5. The molecule has 4 rings (SSSR count). The summed E-state index contributed by atoms with van der Waals surface area (Å²) < 4.78 is 19.0. The zero-order chi connectivity index (χ0) is 29.4. The molecule has 3 aromatic carbocycles. The van der Waals surface area contributed by atoms with Gasteiger partial charge in [-0.15, -0.1) is 0 Å². The number of nitrogens with one attached hydrogen (secondary N) is 4. The molecule has 11 nitrogen and oxygen atoms in total. The second kappa shape index (κ2) is 13.2. The van der Waals surface area contributed by atoms with E-state index in [4.69, 9.17) is 21.4 Å². The Morgan fingerprint density at radius 3 is 2.46 bits per heavy atom. The normalized spacial score (nSPS) is 10.8. The number of amides is 3. The minimum absolute atomic E-state index is 0.0488. The van der Waals surface area contributed by atoms with E-state index in [0.717, 1.165) is 0 Å². The molecule has 0 aliphatic rings. The Labute approximate surface area is 238 Å². The van der Waals surface area contributed by atoms with Crippen molar-refractivity contribution >= 4 is 69.0 Å². The monoisotopic (exact) mass is 578 g/mol. The molecule has 13 heteroatoms. The number of nitrogens with zero attached hydrogens (tertiary/aromatic N) is 2. The third kappa shape index (κ3) is 7.67. The fraction of sp³-hybridized carbons (Fsp3) is 0.107. The summed E-state index contributed by atoms with van der Waals surface area (Å²) >= 11 is 5.89. The highest BCUT2D eigenvalue weighted by Crippen LogP contribution is 2.33. The van der Waals surface area contributed by atoms with Gasteiger partial charge in [-0.3, -0.25) is 14.9 Å².